The van der Waals surface area contributed by atoms with Crippen LogP contribution in [0.3, 0.4) is 0 Å². The summed E-state index contributed by atoms with van der Waals surface area (Å²) in [5.41, 5.74) is 7.49. The molecule has 0 amide bonds. The second-order valence-corrected chi connectivity index (χ2v) is 4.67. The first kappa shape index (κ1) is 11.5. The van der Waals surface area contributed by atoms with E-state index in [4.69, 9.17) is 21.8 Å². The van der Waals surface area contributed by atoms with Gasteiger partial charge in [0.25, 0.3) is 0 Å². The average Bonchev–Trinajstić information content (AvgIpc) is 2.67. The van der Waals surface area contributed by atoms with Crippen molar-refractivity contribution >= 4 is 22.6 Å². The summed E-state index contributed by atoms with van der Waals surface area (Å²) in [5.74, 6) is 1.35. The molecule has 1 aromatic carbocycles. The third-order valence-electron chi connectivity index (χ3n) is 2.72. The van der Waals surface area contributed by atoms with Gasteiger partial charge in [-0.1, -0.05) is 31.5 Å². The van der Waals surface area contributed by atoms with Crippen molar-refractivity contribution in [1.29, 1.82) is 0 Å². The molecule has 0 unspecified atom stereocenters. The van der Waals surface area contributed by atoms with E-state index >= 15 is 0 Å². The quantitative estimate of drug-likeness (QED) is 0.884. The van der Waals surface area contributed by atoms with E-state index in [1.807, 2.05) is 18.2 Å². The highest BCUT2D eigenvalue weighted by Crippen LogP contribution is 2.32. The Morgan fingerprint density at radius 3 is 2.75 bits per heavy atom. The van der Waals surface area contributed by atoms with Gasteiger partial charge >= 0.3 is 0 Å². The van der Waals surface area contributed by atoms with Gasteiger partial charge in [-0.05, 0) is 30.7 Å². The lowest BCUT2D eigenvalue weighted by Crippen LogP contribution is -2.02. The molecule has 0 aliphatic rings. The van der Waals surface area contributed by atoms with E-state index < -0.39 is 0 Å². The molecule has 3 heteroatoms. The number of nitrogens with two attached hydrogens (primary N) is 1. The third kappa shape index (κ3) is 1.95. The van der Waals surface area contributed by atoms with Gasteiger partial charge in [-0.2, -0.15) is 0 Å². The summed E-state index contributed by atoms with van der Waals surface area (Å²) < 4.78 is 5.73. The maximum Gasteiger partial charge on any atom is 0.135 e. The number of hydrogen-bond donors (Lipinski definition) is 1. The number of hydrogen-bond acceptors (Lipinski definition) is 2. The van der Waals surface area contributed by atoms with Crippen LogP contribution in [0, 0.1) is 0 Å². The van der Waals surface area contributed by atoms with Crippen LogP contribution in [0.1, 0.15) is 31.1 Å². The van der Waals surface area contributed by atoms with Gasteiger partial charge in [-0.25, -0.2) is 0 Å². The number of furan rings is 1. The molecule has 0 saturated heterocycles. The zero-order valence-electron chi connectivity index (χ0n) is 9.59. The molecule has 2 aromatic rings. The minimum atomic E-state index is 0.376. The van der Waals surface area contributed by atoms with E-state index in [1.54, 1.807) is 0 Å². The van der Waals surface area contributed by atoms with E-state index in [0.29, 0.717) is 12.5 Å². The van der Waals surface area contributed by atoms with Crippen LogP contribution in [0.15, 0.2) is 22.6 Å². The molecule has 0 aliphatic heterocycles. The van der Waals surface area contributed by atoms with Crippen molar-refractivity contribution in [3.63, 3.8) is 0 Å². The normalized spacial score (nSPS) is 11.6. The second-order valence-electron chi connectivity index (χ2n) is 4.29. The Morgan fingerprint density at radius 1 is 1.38 bits per heavy atom. The Bertz CT molecular complexity index is 502. The van der Waals surface area contributed by atoms with Gasteiger partial charge in [0.1, 0.15) is 11.3 Å². The molecule has 1 heterocycles. The zero-order chi connectivity index (χ0) is 11.7. The summed E-state index contributed by atoms with van der Waals surface area (Å²) in [4.78, 5) is 0. The molecule has 2 N–H and O–H groups in total. The minimum absolute atomic E-state index is 0.376. The number of rotatable bonds is 3. The second kappa shape index (κ2) is 4.48. The maximum atomic E-state index is 6.32. The molecule has 0 spiro atoms. The highest BCUT2D eigenvalue weighted by molar-refractivity contribution is 6.36. The Morgan fingerprint density at radius 2 is 2.12 bits per heavy atom. The van der Waals surface area contributed by atoms with Crippen LogP contribution < -0.4 is 5.73 Å². The third-order valence-corrected chi connectivity index (χ3v) is 3.16. The predicted molar refractivity (Wildman–Crippen MR) is 68.1 cm³/mol. The number of halogens is 1. The topological polar surface area (TPSA) is 39.2 Å². The minimum Gasteiger partial charge on any atom is -0.461 e. The van der Waals surface area contributed by atoms with E-state index in [1.165, 1.54) is 0 Å². The molecule has 0 fully saturated rings. The molecular formula is C13H16ClNO. The Kier molecular flexibility index (Phi) is 3.22. The van der Waals surface area contributed by atoms with Crippen LogP contribution in [0.5, 0.6) is 0 Å². The molecule has 2 rings (SSSR count). The zero-order valence-corrected chi connectivity index (χ0v) is 10.3. The highest BCUT2D eigenvalue weighted by atomic mass is 35.5. The molecule has 1 aromatic heterocycles. The summed E-state index contributed by atoms with van der Waals surface area (Å²) in [6.45, 7) is 4.82. The molecule has 2 nitrogen and oxygen atoms in total. The van der Waals surface area contributed by atoms with Crippen LogP contribution >= 0.6 is 11.6 Å². The summed E-state index contributed by atoms with van der Waals surface area (Å²) in [6, 6.07) is 5.99. The molecule has 0 radical (unpaired) electrons. The van der Waals surface area contributed by atoms with Crippen molar-refractivity contribution in [3.8, 4) is 0 Å². The van der Waals surface area contributed by atoms with Gasteiger partial charge < -0.3 is 10.2 Å². The summed E-state index contributed by atoms with van der Waals surface area (Å²) in [6.07, 6.45) is 0.803. The van der Waals surface area contributed by atoms with Crippen molar-refractivity contribution in [3.05, 3.63) is 34.5 Å². The van der Waals surface area contributed by atoms with Crippen molar-refractivity contribution in [1.82, 2.24) is 0 Å². The molecule has 0 bridgehead atoms. The highest BCUT2D eigenvalue weighted by Gasteiger charge is 2.12. The van der Waals surface area contributed by atoms with Gasteiger partial charge in [0, 0.05) is 11.3 Å². The number of benzene rings is 1. The standard InChI is InChI=1S/C13H16ClNO/c1-8(2)12-7-10-11(16-12)4-3-9(5-6-15)13(10)14/h3-4,7-8H,5-6,15H2,1-2H3. The fourth-order valence-electron chi connectivity index (χ4n) is 1.78. The Labute approximate surface area is 100 Å². The fraction of sp³-hybridized carbons (Fsp3) is 0.385. The first-order valence-electron chi connectivity index (χ1n) is 5.54. The van der Waals surface area contributed by atoms with E-state index in [0.717, 1.165) is 33.7 Å². The van der Waals surface area contributed by atoms with Gasteiger partial charge in [-0.15, -0.1) is 0 Å². The van der Waals surface area contributed by atoms with Gasteiger partial charge in [-0.3, -0.25) is 0 Å². The summed E-state index contributed by atoms with van der Waals surface area (Å²) in [7, 11) is 0. The van der Waals surface area contributed by atoms with E-state index in [2.05, 4.69) is 13.8 Å². The smallest absolute Gasteiger partial charge is 0.135 e. The van der Waals surface area contributed by atoms with Crippen LogP contribution in [0.4, 0.5) is 0 Å². The molecular weight excluding hydrogens is 222 g/mol. The Hall–Kier alpha value is -0.990. The van der Waals surface area contributed by atoms with Crippen LogP contribution in [0.2, 0.25) is 5.02 Å². The van der Waals surface area contributed by atoms with Gasteiger partial charge in [0.2, 0.25) is 0 Å². The lowest BCUT2D eigenvalue weighted by atomic mass is 10.1. The maximum absolute atomic E-state index is 6.32. The van der Waals surface area contributed by atoms with Crippen molar-refractivity contribution < 1.29 is 4.42 Å². The van der Waals surface area contributed by atoms with Crippen LogP contribution in [-0.4, -0.2) is 6.54 Å². The summed E-state index contributed by atoms with van der Waals surface area (Å²) >= 11 is 6.32. The molecule has 86 valence electrons. The van der Waals surface area contributed by atoms with Gasteiger partial charge in [0.15, 0.2) is 0 Å². The molecule has 0 aliphatic carbocycles. The summed E-state index contributed by atoms with van der Waals surface area (Å²) in [5, 5.41) is 1.77. The van der Waals surface area contributed by atoms with Crippen molar-refractivity contribution in [2.24, 2.45) is 5.73 Å². The molecule has 0 saturated carbocycles. The number of fused-ring (bicyclic) bond motifs is 1. The van der Waals surface area contributed by atoms with E-state index in [-0.39, 0.29) is 0 Å². The SMILES string of the molecule is CC(C)c1cc2c(Cl)c(CCN)ccc2o1. The average molecular weight is 238 g/mol. The predicted octanol–water partition coefficient (Wildman–Crippen LogP) is 3.71. The Balaban J connectivity index is 2.55. The first-order chi connectivity index (χ1) is 7.63. The largest absolute Gasteiger partial charge is 0.461 e. The monoisotopic (exact) mass is 237 g/mol. The van der Waals surface area contributed by atoms with Gasteiger partial charge in [0.05, 0.1) is 5.02 Å². The van der Waals surface area contributed by atoms with Crippen LogP contribution in [-0.2, 0) is 6.42 Å². The fourth-order valence-corrected chi connectivity index (χ4v) is 2.08. The molecule has 0 atom stereocenters. The van der Waals surface area contributed by atoms with Crippen LogP contribution in [0.25, 0.3) is 11.0 Å². The molecule has 16 heavy (non-hydrogen) atoms. The van der Waals surface area contributed by atoms with Crippen molar-refractivity contribution in [2.45, 2.75) is 26.2 Å². The first-order valence-corrected chi connectivity index (χ1v) is 5.92. The lowest BCUT2D eigenvalue weighted by molar-refractivity contribution is 0.521. The van der Waals surface area contributed by atoms with E-state index in [9.17, 15) is 0 Å². The lowest BCUT2D eigenvalue weighted by Gasteiger charge is -2.02. The van der Waals surface area contributed by atoms with Crippen molar-refractivity contribution in [2.75, 3.05) is 6.54 Å².